The third-order valence-corrected chi connectivity index (χ3v) is 7.08. The molecular weight excluding hydrogens is 368 g/mol. The van der Waals surface area contributed by atoms with Gasteiger partial charge in [0, 0.05) is 11.1 Å². The maximum atomic E-state index is 11.1. The van der Waals surface area contributed by atoms with Crippen LogP contribution in [0.4, 0.5) is 0 Å². The Balaban J connectivity index is 2.89. The average molecular weight is 411 g/mol. The SMILES string of the molecule is CCC(C)(C)c1cc(-c2cc(C(C)C)c(O)c(C(C)(C)CC)c2)cc(C(C)C)c1O. The van der Waals surface area contributed by atoms with Crippen LogP contribution in [-0.4, -0.2) is 10.2 Å². The monoisotopic (exact) mass is 410 g/mol. The predicted molar refractivity (Wildman–Crippen MR) is 130 cm³/mol. The summed E-state index contributed by atoms with van der Waals surface area (Å²) >= 11 is 0. The molecule has 166 valence electrons. The Morgan fingerprint density at radius 2 is 0.933 bits per heavy atom. The van der Waals surface area contributed by atoms with Crippen LogP contribution in [0.1, 0.15) is 116 Å². The summed E-state index contributed by atoms with van der Waals surface area (Å²) in [7, 11) is 0. The van der Waals surface area contributed by atoms with E-state index in [-0.39, 0.29) is 22.7 Å². The first-order valence-corrected chi connectivity index (χ1v) is 11.5. The summed E-state index contributed by atoms with van der Waals surface area (Å²) in [6, 6.07) is 8.58. The molecule has 0 heterocycles. The first kappa shape index (κ1) is 24.3. The highest BCUT2D eigenvalue weighted by atomic mass is 16.3. The fraction of sp³-hybridized carbons (Fsp3) is 0.571. The van der Waals surface area contributed by atoms with E-state index in [0.29, 0.717) is 11.5 Å². The number of aromatic hydroxyl groups is 2. The van der Waals surface area contributed by atoms with Gasteiger partial charge in [0.25, 0.3) is 0 Å². The van der Waals surface area contributed by atoms with Crippen LogP contribution < -0.4 is 0 Å². The molecule has 0 spiro atoms. The zero-order valence-corrected chi connectivity index (χ0v) is 20.8. The summed E-state index contributed by atoms with van der Waals surface area (Å²) in [6.07, 6.45) is 1.89. The molecule has 0 amide bonds. The molecule has 0 radical (unpaired) electrons. The summed E-state index contributed by atoms with van der Waals surface area (Å²) in [4.78, 5) is 0. The van der Waals surface area contributed by atoms with E-state index in [4.69, 9.17) is 0 Å². The van der Waals surface area contributed by atoms with Gasteiger partial charge < -0.3 is 10.2 Å². The fourth-order valence-corrected chi connectivity index (χ4v) is 3.94. The average Bonchev–Trinajstić information content (AvgIpc) is 2.67. The number of hydrogen-bond donors (Lipinski definition) is 2. The van der Waals surface area contributed by atoms with Gasteiger partial charge in [-0.2, -0.15) is 0 Å². The molecule has 2 aromatic rings. The standard InChI is InChI=1S/C28H42O2/c1-11-27(7,8)23-15-19(13-21(17(3)4)25(23)29)20-14-22(18(5)6)26(30)24(16-20)28(9,10)12-2/h13-18,29-30H,11-12H2,1-10H3. The molecule has 2 aromatic carbocycles. The van der Waals surface area contributed by atoms with Gasteiger partial charge in [-0.15, -0.1) is 0 Å². The van der Waals surface area contributed by atoms with Gasteiger partial charge in [-0.25, -0.2) is 0 Å². The van der Waals surface area contributed by atoms with Crippen molar-refractivity contribution in [1.82, 2.24) is 0 Å². The van der Waals surface area contributed by atoms with E-state index in [9.17, 15) is 10.2 Å². The zero-order chi connectivity index (χ0) is 23.0. The van der Waals surface area contributed by atoms with Crippen molar-refractivity contribution in [3.63, 3.8) is 0 Å². The van der Waals surface area contributed by atoms with Crippen molar-refractivity contribution in [3.05, 3.63) is 46.5 Å². The normalized spacial score (nSPS) is 12.8. The molecule has 0 saturated heterocycles. The lowest BCUT2D eigenvalue weighted by Gasteiger charge is -2.29. The number of hydrogen-bond acceptors (Lipinski definition) is 2. The predicted octanol–water partition coefficient (Wildman–Crippen LogP) is 8.39. The van der Waals surface area contributed by atoms with Crippen LogP contribution in [0.15, 0.2) is 24.3 Å². The molecule has 2 rings (SSSR count). The Morgan fingerprint density at radius 1 is 0.633 bits per heavy atom. The minimum atomic E-state index is -0.118. The molecule has 0 fully saturated rings. The molecule has 0 bridgehead atoms. The van der Waals surface area contributed by atoms with E-state index in [1.807, 2.05) is 0 Å². The van der Waals surface area contributed by atoms with Gasteiger partial charge in [-0.05, 0) is 82.0 Å². The van der Waals surface area contributed by atoms with Crippen LogP contribution in [0.2, 0.25) is 0 Å². The number of benzene rings is 2. The summed E-state index contributed by atoms with van der Waals surface area (Å²) in [6.45, 7) is 21.6. The maximum Gasteiger partial charge on any atom is 0.122 e. The minimum Gasteiger partial charge on any atom is -0.507 e. The second kappa shape index (κ2) is 8.65. The van der Waals surface area contributed by atoms with E-state index in [2.05, 4.69) is 93.5 Å². The van der Waals surface area contributed by atoms with Crippen molar-refractivity contribution in [2.75, 3.05) is 0 Å². The lowest BCUT2D eigenvalue weighted by atomic mass is 9.76. The van der Waals surface area contributed by atoms with Crippen molar-refractivity contribution in [2.24, 2.45) is 0 Å². The molecule has 0 aliphatic rings. The molecule has 0 aliphatic carbocycles. The van der Waals surface area contributed by atoms with Gasteiger partial charge in [0.1, 0.15) is 11.5 Å². The number of phenolic OH excluding ortho intramolecular Hbond substituents is 2. The second-order valence-electron chi connectivity index (χ2n) is 10.7. The van der Waals surface area contributed by atoms with Crippen molar-refractivity contribution in [2.45, 2.75) is 105 Å². The molecule has 0 aliphatic heterocycles. The van der Waals surface area contributed by atoms with E-state index in [1.165, 1.54) is 0 Å². The van der Waals surface area contributed by atoms with Crippen LogP contribution in [0.5, 0.6) is 11.5 Å². The molecule has 0 atom stereocenters. The first-order chi connectivity index (χ1) is 13.8. The summed E-state index contributed by atoms with van der Waals surface area (Å²) in [5.41, 5.74) is 5.97. The highest BCUT2D eigenvalue weighted by molar-refractivity contribution is 5.72. The smallest absolute Gasteiger partial charge is 0.122 e. The van der Waals surface area contributed by atoms with E-state index in [0.717, 1.165) is 46.2 Å². The molecule has 0 saturated carbocycles. The molecule has 0 aromatic heterocycles. The first-order valence-electron chi connectivity index (χ1n) is 11.5. The molecule has 2 heteroatoms. The summed E-state index contributed by atoms with van der Waals surface area (Å²) in [5, 5.41) is 22.1. The molecule has 2 N–H and O–H groups in total. The van der Waals surface area contributed by atoms with Crippen LogP contribution in [0.3, 0.4) is 0 Å². The van der Waals surface area contributed by atoms with Gasteiger partial charge in [0.15, 0.2) is 0 Å². The second-order valence-corrected chi connectivity index (χ2v) is 10.7. The largest absolute Gasteiger partial charge is 0.507 e. The third-order valence-electron chi connectivity index (χ3n) is 7.08. The van der Waals surface area contributed by atoms with Crippen LogP contribution in [0.25, 0.3) is 11.1 Å². The van der Waals surface area contributed by atoms with Crippen LogP contribution in [-0.2, 0) is 10.8 Å². The van der Waals surface area contributed by atoms with E-state index >= 15 is 0 Å². The minimum absolute atomic E-state index is 0.118. The van der Waals surface area contributed by atoms with Crippen LogP contribution >= 0.6 is 0 Å². The quantitative estimate of drug-likeness (QED) is 0.481. The van der Waals surface area contributed by atoms with Gasteiger partial charge in [0.05, 0.1) is 0 Å². The van der Waals surface area contributed by atoms with Gasteiger partial charge in [-0.3, -0.25) is 0 Å². The lowest BCUT2D eigenvalue weighted by molar-refractivity contribution is 0.420. The maximum absolute atomic E-state index is 11.1. The van der Waals surface area contributed by atoms with Crippen molar-refractivity contribution in [1.29, 1.82) is 0 Å². The fourth-order valence-electron chi connectivity index (χ4n) is 3.94. The Bertz CT molecular complexity index is 826. The molecule has 30 heavy (non-hydrogen) atoms. The highest BCUT2D eigenvalue weighted by Crippen LogP contribution is 2.45. The molecule has 2 nitrogen and oxygen atoms in total. The van der Waals surface area contributed by atoms with Crippen molar-refractivity contribution in [3.8, 4) is 22.6 Å². The van der Waals surface area contributed by atoms with E-state index in [1.54, 1.807) is 0 Å². The highest BCUT2D eigenvalue weighted by Gasteiger charge is 2.28. The Labute approximate surface area is 184 Å². The van der Waals surface area contributed by atoms with Crippen molar-refractivity contribution < 1.29 is 10.2 Å². The zero-order valence-electron chi connectivity index (χ0n) is 20.8. The van der Waals surface area contributed by atoms with Crippen molar-refractivity contribution >= 4 is 0 Å². The Morgan fingerprint density at radius 3 is 1.17 bits per heavy atom. The number of rotatable bonds is 7. The third kappa shape index (κ3) is 4.53. The summed E-state index contributed by atoms with van der Waals surface area (Å²) in [5.74, 6) is 1.31. The lowest BCUT2D eigenvalue weighted by Crippen LogP contribution is -2.17. The molecular formula is C28H42O2. The van der Waals surface area contributed by atoms with Gasteiger partial charge in [0.2, 0.25) is 0 Å². The van der Waals surface area contributed by atoms with Gasteiger partial charge >= 0.3 is 0 Å². The number of phenols is 2. The topological polar surface area (TPSA) is 40.5 Å². The Hall–Kier alpha value is -1.96. The Kier molecular flexibility index (Phi) is 7.01. The summed E-state index contributed by atoms with van der Waals surface area (Å²) < 4.78 is 0. The van der Waals surface area contributed by atoms with Gasteiger partial charge in [-0.1, -0.05) is 69.2 Å². The molecule has 0 unspecified atom stereocenters. The van der Waals surface area contributed by atoms with E-state index < -0.39 is 0 Å². The van der Waals surface area contributed by atoms with Crippen LogP contribution in [0, 0.1) is 0 Å².